The standard InChI is InChI=1S/C12H20N4O2S/c13-8-9-4-5-16-11(7-9)14-15-12(16)10-3-1-2-6-19(10,17)18/h9-10H,1-8,13H2. The van der Waals surface area contributed by atoms with Crippen LogP contribution >= 0.6 is 0 Å². The van der Waals surface area contributed by atoms with Crippen LogP contribution in [0.3, 0.4) is 0 Å². The Morgan fingerprint density at radius 3 is 2.84 bits per heavy atom. The number of fused-ring (bicyclic) bond motifs is 1. The number of hydrogen-bond donors (Lipinski definition) is 1. The first-order valence-electron chi connectivity index (χ1n) is 6.95. The van der Waals surface area contributed by atoms with Crippen molar-refractivity contribution in [2.24, 2.45) is 11.7 Å². The summed E-state index contributed by atoms with van der Waals surface area (Å²) >= 11 is 0. The Labute approximate surface area is 113 Å². The molecule has 2 unspecified atom stereocenters. The number of nitrogens with zero attached hydrogens (tertiary/aromatic N) is 3. The summed E-state index contributed by atoms with van der Waals surface area (Å²) in [6.45, 7) is 1.45. The van der Waals surface area contributed by atoms with Crippen molar-refractivity contribution in [1.29, 1.82) is 0 Å². The third-order valence-corrected chi connectivity index (χ3v) is 6.46. The van der Waals surface area contributed by atoms with E-state index >= 15 is 0 Å². The molecule has 0 bridgehead atoms. The second-order valence-corrected chi connectivity index (χ2v) is 7.88. The van der Waals surface area contributed by atoms with Crippen molar-refractivity contribution in [3.8, 4) is 0 Å². The van der Waals surface area contributed by atoms with Gasteiger partial charge in [0.1, 0.15) is 11.1 Å². The predicted octanol–water partition coefficient (Wildman–Crippen LogP) is 0.439. The molecule has 0 saturated carbocycles. The second-order valence-electron chi connectivity index (χ2n) is 5.57. The van der Waals surface area contributed by atoms with Gasteiger partial charge in [-0.3, -0.25) is 0 Å². The van der Waals surface area contributed by atoms with Crippen LogP contribution in [0.2, 0.25) is 0 Å². The van der Waals surface area contributed by atoms with Crippen LogP contribution in [0, 0.1) is 5.92 Å². The molecule has 3 heterocycles. The molecule has 1 fully saturated rings. The minimum atomic E-state index is -3.05. The van der Waals surface area contributed by atoms with Gasteiger partial charge in [-0.05, 0) is 31.7 Å². The van der Waals surface area contributed by atoms with Gasteiger partial charge in [0.2, 0.25) is 0 Å². The molecule has 106 valence electrons. The van der Waals surface area contributed by atoms with Gasteiger partial charge < -0.3 is 10.3 Å². The molecule has 1 aromatic rings. The summed E-state index contributed by atoms with van der Waals surface area (Å²) in [6.07, 6.45) is 4.21. The van der Waals surface area contributed by atoms with Crippen molar-refractivity contribution < 1.29 is 8.42 Å². The molecule has 3 rings (SSSR count). The highest BCUT2D eigenvalue weighted by atomic mass is 32.2. The molecule has 19 heavy (non-hydrogen) atoms. The quantitative estimate of drug-likeness (QED) is 0.851. The van der Waals surface area contributed by atoms with Gasteiger partial charge in [0.25, 0.3) is 0 Å². The van der Waals surface area contributed by atoms with Crippen molar-refractivity contribution in [2.75, 3.05) is 12.3 Å². The molecule has 0 aromatic carbocycles. The van der Waals surface area contributed by atoms with Crippen LogP contribution in [0.15, 0.2) is 0 Å². The molecular formula is C12H20N4O2S. The fraction of sp³-hybridized carbons (Fsp3) is 0.833. The SMILES string of the molecule is NCC1CCn2c(nnc2C2CCCCS2(=O)=O)C1. The van der Waals surface area contributed by atoms with E-state index in [1.807, 2.05) is 4.57 Å². The molecule has 1 aromatic heterocycles. The van der Waals surface area contributed by atoms with E-state index in [0.717, 1.165) is 38.1 Å². The molecule has 2 aliphatic rings. The Morgan fingerprint density at radius 1 is 1.26 bits per heavy atom. The Hall–Kier alpha value is -0.950. The van der Waals surface area contributed by atoms with Crippen molar-refractivity contribution in [3.63, 3.8) is 0 Å². The Morgan fingerprint density at radius 2 is 2.11 bits per heavy atom. The summed E-state index contributed by atoms with van der Waals surface area (Å²) in [4.78, 5) is 0. The third-order valence-electron chi connectivity index (χ3n) is 4.29. The average Bonchev–Trinajstić information content (AvgIpc) is 2.81. The van der Waals surface area contributed by atoms with E-state index in [4.69, 9.17) is 5.73 Å². The van der Waals surface area contributed by atoms with Crippen LogP contribution in [0.5, 0.6) is 0 Å². The summed E-state index contributed by atoms with van der Waals surface area (Å²) in [6, 6.07) is 0. The zero-order valence-corrected chi connectivity index (χ0v) is 11.8. The van der Waals surface area contributed by atoms with Crippen LogP contribution < -0.4 is 5.73 Å². The Bertz CT molecular complexity index is 566. The number of nitrogens with two attached hydrogens (primary N) is 1. The number of hydrogen-bond acceptors (Lipinski definition) is 5. The molecule has 2 atom stereocenters. The van der Waals surface area contributed by atoms with Crippen molar-refractivity contribution in [3.05, 3.63) is 11.6 Å². The van der Waals surface area contributed by atoms with Gasteiger partial charge in [0, 0.05) is 13.0 Å². The average molecular weight is 284 g/mol. The zero-order chi connectivity index (χ0) is 13.5. The van der Waals surface area contributed by atoms with Gasteiger partial charge in [0.15, 0.2) is 15.7 Å². The lowest BCUT2D eigenvalue weighted by molar-refractivity contribution is 0.381. The summed E-state index contributed by atoms with van der Waals surface area (Å²) in [5.41, 5.74) is 5.70. The van der Waals surface area contributed by atoms with Gasteiger partial charge >= 0.3 is 0 Å². The highest BCUT2D eigenvalue weighted by Gasteiger charge is 2.35. The van der Waals surface area contributed by atoms with Gasteiger partial charge in [0.05, 0.1) is 5.75 Å². The molecule has 1 saturated heterocycles. The molecule has 0 aliphatic carbocycles. The maximum absolute atomic E-state index is 12.2. The largest absolute Gasteiger partial charge is 0.330 e. The highest BCUT2D eigenvalue weighted by molar-refractivity contribution is 7.91. The lowest BCUT2D eigenvalue weighted by atomic mass is 9.98. The van der Waals surface area contributed by atoms with E-state index in [9.17, 15) is 8.42 Å². The van der Waals surface area contributed by atoms with E-state index in [-0.39, 0.29) is 5.75 Å². The van der Waals surface area contributed by atoms with Crippen LogP contribution in [0.4, 0.5) is 0 Å². The summed E-state index contributed by atoms with van der Waals surface area (Å²) in [5.74, 6) is 2.29. The van der Waals surface area contributed by atoms with E-state index in [2.05, 4.69) is 10.2 Å². The maximum Gasteiger partial charge on any atom is 0.160 e. The van der Waals surface area contributed by atoms with E-state index in [1.165, 1.54) is 0 Å². The van der Waals surface area contributed by atoms with E-state index in [0.29, 0.717) is 24.7 Å². The predicted molar refractivity (Wildman–Crippen MR) is 71.3 cm³/mol. The van der Waals surface area contributed by atoms with E-state index < -0.39 is 15.1 Å². The van der Waals surface area contributed by atoms with Crippen molar-refractivity contribution in [1.82, 2.24) is 14.8 Å². The molecule has 0 spiro atoms. The van der Waals surface area contributed by atoms with Crippen molar-refractivity contribution >= 4 is 9.84 Å². The fourth-order valence-corrected chi connectivity index (χ4v) is 5.01. The molecular weight excluding hydrogens is 264 g/mol. The van der Waals surface area contributed by atoms with Crippen LogP contribution in [-0.2, 0) is 22.8 Å². The summed E-state index contributed by atoms with van der Waals surface area (Å²) < 4.78 is 26.4. The summed E-state index contributed by atoms with van der Waals surface area (Å²) in [7, 11) is -3.05. The summed E-state index contributed by atoms with van der Waals surface area (Å²) in [5, 5.41) is 7.92. The molecule has 0 radical (unpaired) electrons. The minimum Gasteiger partial charge on any atom is -0.330 e. The van der Waals surface area contributed by atoms with Crippen LogP contribution in [-0.4, -0.2) is 35.5 Å². The molecule has 0 amide bonds. The Kier molecular flexibility index (Phi) is 3.34. The zero-order valence-electron chi connectivity index (χ0n) is 11.0. The topological polar surface area (TPSA) is 90.9 Å². The van der Waals surface area contributed by atoms with Crippen LogP contribution in [0.1, 0.15) is 42.6 Å². The van der Waals surface area contributed by atoms with E-state index in [1.54, 1.807) is 0 Å². The molecule has 2 aliphatic heterocycles. The van der Waals surface area contributed by atoms with Gasteiger partial charge in [-0.2, -0.15) is 0 Å². The normalized spacial score (nSPS) is 29.9. The highest BCUT2D eigenvalue weighted by Crippen LogP contribution is 2.34. The molecule has 7 heteroatoms. The molecule has 6 nitrogen and oxygen atoms in total. The first-order valence-corrected chi connectivity index (χ1v) is 8.67. The smallest absolute Gasteiger partial charge is 0.160 e. The minimum absolute atomic E-state index is 0.283. The van der Waals surface area contributed by atoms with Gasteiger partial charge in [-0.15, -0.1) is 10.2 Å². The van der Waals surface area contributed by atoms with Gasteiger partial charge in [-0.25, -0.2) is 8.42 Å². The van der Waals surface area contributed by atoms with Crippen LogP contribution in [0.25, 0.3) is 0 Å². The van der Waals surface area contributed by atoms with Crippen molar-refractivity contribution in [2.45, 2.75) is 43.9 Å². The fourth-order valence-electron chi connectivity index (χ4n) is 3.10. The monoisotopic (exact) mass is 284 g/mol. The molecule has 2 N–H and O–H groups in total. The first kappa shape index (κ1) is 13.1. The lowest BCUT2D eigenvalue weighted by Crippen LogP contribution is -2.29. The lowest BCUT2D eigenvalue weighted by Gasteiger charge is -2.26. The number of rotatable bonds is 2. The maximum atomic E-state index is 12.2. The Balaban J connectivity index is 1.93. The third kappa shape index (κ3) is 2.29. The first-order chi connectivity index (χ1) is 9.12. The number of sulfone groups is 1. The second kappa shape index (κ2) is 4.86. The van der Waals surface area contributed by atoms with Gasteiger partial charge in [-0.1, -0.05) is 6.42 Å². The number of aromatic nitrogens is 3.